The Morgan fingerprint density at radius 3 is 2.76 bits per heavy atom. The van der Waals surface area contributed by atoms with Crippen LogP contribution < -0.4 is 5.73 Å². The normalized spacial score (nSPS) is 22.4. The van der Waals surface area contributed by atoms with E-state index in [1.54, 1.807) is 5.56 Å². The molecule has 1 heterocycles. The minimum absolute atomic E-state index is 0.292. The predicted octanol–water partition coefficient (Wildman–Crippen LogP) is 3.50. The highest BCUT2D eigenvalue weighted by atomic mass is 32.2. The summed E-state index contributed by atoms with van der Waals surface area (Å²) in [6.45, 7) is 0.818. The topological polar surface area (TPSA) is 26.0 Å². The highest BCUT2D eigenvalue weighted by Crippen LogP contribution is 2.41. The van der Waals surface area contributed by atoms with Crippen molar-refractivity contribution in [2.45, 2.75) is 48.8 Å². The molecule has 2 heteroatoms. The van der Waals surface area contributed by atoms with Gasteiger partial charge in [-0.25, -0.2) is 0 Å². The van der Waals surface area contributed by atoms with Crippen LogP contribution in [0, 0.1) is 0 Å². The zero-order valence-corrected chi connectivity index (χ0v) is 11.2. The fourth-order valence-electron chi connectivity index (χ4n) is 3.36. The van der Waals surface area contributed by atoms with Crippen LogP contribution in [0.1, 0.15) is 43.2 Å². The molecule has 3 rings (SSSR count). The van der Waals surface area contributed by atoms with Crippen LogP contribution in [0.3, 0.4) is 0 Å². The maximum atomic E-state index is 6.11. The number of aryl methyl sites for hydroxylation is 1. The number of hydrogen-bond acceptors (Lipinski definition) is 2. The van der Waals surface area contributed by atoms with E-state index < -0.39 is 0 Å². The van der Waals surface area contributed by atoms with Crippen molar-refractivity contribution in [2.24, 2.45) is 5.73 Å². The maximum Gasteiger partial charge on any atom is 0.0105 e. The Kier molecular flexibility index (Phi) is 3.18. The minimum atomic E-state index is 0.292. The van der Waals surface area contributed by atoms with Gasteiger partial charge in [0, 0.05) is 22.6 Å². The van der Waals surface area contributed by atoms with E-state index in [1.807, 2.05) is 11.8 Å². The molecule has 0 radical (unpaired) electrons. The summed E-state index contributed by atoms with van der Waals surface area (Å²) >= 11 is 2.00. The molecule has 92 valence electrons. The molecule has 0 unspecified atom stereocenters. The second-order valence-electron chi connectivity index (χ2n) is 5.47. The van der Waals surface area contributed by atoms with Crippen molar-refractivity contribution in [3.05, 3.63) is 29.3 Å². The van der Waals surface area contributed by atoms with E-state index in [9.17, 15) is 0 Å². The van der Waals surface area contributed by atoms with Crippen LogP contribution in [0.4, 0.5) is 0 Å². The monoisotopic (exact) mass is 247 g/mol. The average Bonchev–Trinajstić information content (AvgIpc) is 2.86. The summed E-state index contributed by atoms with van der Waals surface area (Å²) in [5.41, 5.74) is 9.48. The standard InChI is InChI=1S/C15H21NS/c16-11-15(7-2-1-3-8-15)13-4-5-14-12(10-13)6-9-17-14/h4-5,10H,1-3,6-9,11,16H2. The molecular weight excluding hydrogens is 226 g/mol. The van der Waals surface area contributed by atoms with E-state index in [1.165, 1.54) is 54.7 Å². The Balaban J connectivity index is 1.96. The first-order chi connectivity index (χ1) is 8.34. The van der Waals surface area contributed by atoms with Crippen molar-refractivity contribution >= 4 is 11.8 Å². The van der Waals surface area contributed by atoms with Gasteiger partial charge in [-0.3, -0.25) is 0 Å². The van der Waals surface area contributed by atoms with Crippen molar-refractivity contribution in [1.29, 1.82) is 0 Å². The minimum Gasteiger partial charge on any atom is -0.330 e. The molecular formula is C15H21NS. The molecule has 0 spiro atoms. The first-order valence-electron chi connectivity index (χ1n) is 6.80. The molecule has 1 aliphatic carbocycles. The number of thioether (sulfide) groups is 1. The fraction of sp³-hybridized carbons (Fsp3) is 0.600. The van der Waals surface area contributed by atoms with Crippen LogP contribution >= 0.6 is 11.8 Å². The molecule has 0 bridgehead atoms. The van der Waals surface area contributed by atoms with Crippen molar-refractivity contribution < 1.29 is 0 Å². The average molecular weight is 247 g/mol. The van der Waals surface area contributed by atoms with Crippen LogP contribution in [0.25, 0.3) is 0 Å². The molecule has 2 aliphatic rings. The number of rotatable bonds is 2. The van der Waals surface area contributed by atoms with Gasteiger partial charge >= 0.3 is 0 Å². The third-order valence-electron chi connectivity index (χ3n) is 4.50. The zero-order chi connectivity index (χ0) is 11.7. The summed E-state index contributed by atoms with van der Waals surface area (Å²) in [5.74, 6) is 1.26. The molecule has 0 amide bonds. The summed E-state index contributed by atoms with van der Waals surface area (Å²) < 4.78 is 0. The quantitative estimate of drug-likeness (QED) is 0.865. The molecule has 1 aromatic rings. The number of hydrogen-bond donors (Lipinski definition) is 1. The molecule has 2 N–H and O–H groups in total. The Labute approximate surface area is 108 Å². The van der Waals surface area contributed by atoms with E-state index in [0.717, 1.165) is 6.54 Å². The molecule has 0 aromatic heterocycles. The molecule has 1 aliphatic heterocycles. The van der Waals surface area contributed by atoms with E-state index in [4.69, 9.17) is 5.73 Å². The Morgan fingerprint density at radius 2 is 2.00 bits per heavy atom. The maximum absolute atomic E-state index is 6.11. The smallest absolute Gasteiger partial charge is 0.0105 e. The summed E-state index contributed by atoms with van der Waals surface area (Å²) in [4.78, 5) is 1.50. The molecule has 1 nitrogen and oxygen atoms in total. The number of nitrogens with two attached hydrogens (primary N) is 1. The van der Waals surface area contributed by atoms with E-state index >= 15 is 0 Å². The van der Waals surface area contributed by atoms with Crippen LogP contribution in [-0.4, -0.2) is 12.3 Å². The van der Waals surface area contributed by atoms with E-state index in [2.05, 4.69) is 18.2 Å². The van der Waals surface area contributed by atoms with Crippen LogP contribution in [-0.2, 0) is 11.8 Å². The van der Waals surface area contributed by atoms with Crippen molar-refractivity contribution in [2.75, 3.05) is 12.3 Å². The highest BCUT2D eigenvalue weighted by molar-refractivity contribution is 7.99. The van der Waals surface area contributed by atoms with Crippen molar-refractivity contribution in [3.63, 3.8) is 0 Å². The van der Waals surface area contributed by atoms with E-state index in [-0.39, 0.29) is 0 Å². The molecule has 1 fully saturated rings. The van der Waals surface area contributed by atoms with Crippen molar-refractivity contribution in [1.82, 2.24) is 0 Å². The van der Waals surface area contributed by atoms with Gasteiger partial charge in [0.1, 0.15) is 0 Å². The molecule has 0 atom stereocenters. The molecule has 0 saturated heterocycles. The molecule has 1 saturated carbocycles. The van der Waals surface area contributed by atoms with Gasteiger partial charge in [-0.2, -0.15) is 0 Å². The third-order valence-corrected chi connectivity index (χ3v) is 5.62. The second-order valence-corrected chi connectivity index (χ2v) is 6.60. The van der Waals surface area contributed by atoms with E-state index in [0.29, 0.717) is 5.41 Å². The number of benzene rings is 1. The molecule has 17 heavy (non-hydrogen) atoms. The lowest BCUT2D eigenvalue weighted by atomic mass is 9.69. The van der Waals surface area contributed by atoms with Gasteiger partial charge < -0.3 is 5.73 Å². The lowest BCUT2D eigenvalue weighted by Gasteiger charge is -2.37. The Bertz CT molecular complexity index is 407. The largest absolute Gasteiger partial charge is 0.330 e. The van der Waals surface area contributed by atoms with Crippen LogP contribution in [0.15, 0.2) is 23.1 Å². The second kappa shape index (κ2) is 4.66. The SMILES string of the molecule is NCC1(c2ccc3c(c2)CCS3)CCCCC1. The first-order valence-corrected chi connectivity index (χ1v) is 7.79. The van der Waals surface area contributed by atoms with Gasteiger partial charge in [-0.05, 0) is 36.5 Å². The van der Waals surface area contributed by atoms with Crippen LogP contribution in [0.2, 0.25) is 0 Å². The fourth-order valence-corrected chi connectivity index (χ4v) is 4.41. The van der Waals surface area contributed by atoms with Gasteiger partial charge in [0.15, 0.2) is 0 Å². The third kappa shape index (κ3) is 2.02. The lowest BCUT2D eigenvalue weighted by molar-refractivity contribution is 0.300. The zero-order valence-electron chi connectivity index (χ0n) is 10.4. The summed E-state index contributed by atoms with van der Waals surface area (Å²) in [5, 5.41) is 0. The van der Waals surface area contributed by atoms with Crippen LogP contribution in [0.5, 0.6) is 0 Å². The van der Waals surface area contributed by atoms with Gasteiger partial charge in [0.05, 0.1) is 0 Å². The molecule has 1 aromatic carbocycles. The Morgan fingerprint density at radius 1 is 1.18 bits per heavy atom. The van der Waals surface area contributed by atoms with Crippen molar-refractivity contribution in [3.8, 4) is 0 Å². The van der Waals surface area contributed by atoms with Gasteiger partial charge in [-0.15, -0.1) is 11.8 Å². The predicted molar refractivity (Wildman–Crippen MR) is 74.7 cm³/mol. The summed E-state index contributed by atoms with van der Waals surface area (Å²) in [7, 11) is 0. The lowest BCUT2D eigenvalue weighted by Crippen LogP contribution is -2.37. The summed E-state index contributed by atoms with van der Waals surface area (Å²) in [6, 6.07) is 7.12. The van der Waals surface area contributed by atoms with Gasteiger partial charge in [0.25, 0.3) is 0 Å². The number of fused-ring (bicyclic) bond motifs is 1. The highest BCUT2D eigenvalue weighted by Gasteiger charge is 2.33. The van der Waals surface area contributed by atoms with Gasteiger partial charge in [0.2, 0.25) is 0 Å². The summed E-state index contributed by atoms with van der Waals surface area (Å²) in [6.07, 6.45) is 7.91. The Hall–Kier alpha value is -0.470. The first kappa shape index (κ1) is 11.6. The van der Waals surface area contributed by atoms with Gasteiger partial charge in [-0.1, -0.05) is 31.4 Å².